The van der Waals surface area contributed by atoms with Gasteiger partial charge >= 0.3 is 0 Å². The predicted octanol–water partition coefficient (Wildman–Crippen LogP) is 3.43. The molecular weight excluding hydrogens is 491 g/mol. The first-order chi connectivity index (χ1) is 14.2. The Labute approximate surface area is 196 Å². The number of rotatable bonds is 6. The Morgan fingerprint density at radius 1 is 1.13 bits per heavy atom. The number of aromatic hydroxyl groups is 1. The van der Waals surface area contributed by atoms with Gasteiger partial charge in [-0.2, -0.15) is 0 Å². The Balaban J connectivity index is 0.00000320. The SMILES string of the molecule is CN=C(NCc1cc(OC)ccc1O)N1CCN(C/C=C/c2ccccc2)CC1.I. The van der Waals surface area contributed by atoms with E-state index in [-0.39, 0.29) is 29.7 Å². The van der Waals surface area contributed by atoms with Crippen molar-refractivity contribution in [3.8, 4) is 11.5 Å². The number of piperazine rings is 1. The molecule has 2 N–H and O–H groups in total. The maximum Gasteiger partial charge on any atom is 0.194 e. The van der Waals surface area contributed by atoms with Gasteiger partial charge in [0.1, 0.15) is 11.5 Å². The van der Waals surface area contributed by atoms with Crippen molar-refractivity contribution in [2.24, 2.45) is 4.99 Å². The zero-order chi connectivity index (χ0) is 20.5. The first-order valence-electron chi connectivity index (χ1n) is 9.95. The molecule has 1 fully saturated rings. The number of benzene rings is 2. The maximum absolute atomic E-state index is 10.1. The van der Waals surface area contributed by atoms with Crippen LogP contribution in [-0.2, 0) is 6.54 Å². The molecule has 0 unspecified atom stereocenters. The molecule has 0 saturated carbocycles. The topological polar surface area (TPSA) is 60.3 Å². The van der Waals surface area contributed by atoms with Crippen LogP contribution < -0.4 is 10.1 Å². The monoisotopic (exact) mass is 522 g/mol. The molecule has 1 saturated heterocycles. The van der Waals surface area contributed by atoms with Crippen LogP contribution in [-0.4, -0.2) is 67.7 Å². The molecule has 30 heavy (non-hydrogen) atoms. The first-order valence-corrected chi connectivity index (χ1v) is 9.95. The summed E-state index contributed by atoms with van der Waals surface area (Å²) in [6.45, 7) is 5.27. The fourth-order valence-electron chi connectivity index (χ4n) is 3.38. The van der Waals surface area contributed by atoms with Gasteiger partial charge in [-0.25, -0.2) is 0 Å². The quantitative estimate of drug-likeness (QED) is 0.346. The molecule has 7 heteroatoms. The molecular formula is C23H31IN4O2. The van der Waals surface area contributed by atoms with E-state index < -0.39 is 0 Å². The number of aliphatic imine (C=N–C) groups is 1. The van der Waals surface area contributed by atoms with Crippen molar-refractivity contribution in [2.75, 3.05) is 46.9 Å². The summed E-state index contributed by atoms with van der Waals surface area (Å²) in [7, 11) is 3.42. The van der Waals surface area contributed by atoms with Gasteiger partial charge in [0.25, 0.3) is 0 Å². The van der Waals surface area contributed by atoms with Crippen LogP contribution in [0.5, 0.6) is 11.5 Å². The molecule has 0 spiro atoms. The highest BCUT2D eigenvalue weighted by Crippen LogP contribution is 2.22. The number of ether oxygens (including phenoxy) is 1. The summed E-state index contributed by atoms with van der Waals surface area (Å²) in [5.41, 5.74) is 2.02. The third kappa shape index (κ3) is 6.91. The van der Waals surface area contributed by atoms with E-state index in [0.717, 1.165) is 50.0 Å². The fourth-order valence-corrected chi connectivity index (χ4v) is 3.38. The van der Waals surface area contributed by atoms with E-state index in [4.69, 9.17) is 4.74 Å². The van der Waals surface area contributed by atoms with Crippen LogP contribution in [0.25, 0.3) is 6.08 Å². The van der Waals surface area contributed by atoms with Crippen LogP contribution in [0.1, 0.15) is 11.1 Å². The number of nitrogens with one attached hydrogen (secondary N) is 1. The molecule has 162 valence electrons. The van der Waals surface area contributed by atoms with Crippen molar-refractivity contribution in [1.29, 1.82) is 0 Å². The molecule has 2 aromatic rings. The van der Waals surface area contributed by atoms with Crippen molar-refractivity contribution in [3.05, 3.63) is 65.7 Å². The van der Waals surface area contributed by atoms with Gasteiger partial charge in [-0.1, -0.05) is 42.5 Å². The van der Waals surface area contributed by atoms with Gasteiger partial charge in [0, 0.05) is 51.9 Å². The van der Waals surface area contributed by atoms with Crippen molar-refractivity contribution < 1.29 is 9.84 Å². The van der Waals surface area contributed by atoms with Crippen molar-refractivity contribution in [2.45, 2.75) is 6.54 Å². The smallest absolute Gasteiger partial charge is 0.194 e. The summed E-state index contributed by atoms with van der Waals surface area (Å²) in [5.74, 6) is 1.84. The minimum absolute atomic E-state index is 0. The third-order valence-corrected chi connectivity index (χ3v) is 5.08. The summed E-state index contributed by atoms with van der Waals surface area (Å²) in [6, 6.07) is 15.6. The van der Waals surface area contributed by atoms with Gasteiger partial charge < -0.3 is 20.1 Å². The first kappa shape index (κ1) is 24.0. The van der Waals surface area contributed by atoms with Gasteiger partial charge in [0.15, 0.2) is 5.96 Å². The lowest BCUT2D eigenvalue weighted by atomic mass is 10.2. The molecule has 1 aliphatic heterocycles. The largest absolute Gasteiger partial charge is 0.508 e. The number of guanidine groups is 1. The van der Waals surface area contributed by atoms with Crippen molar-refractivity contribution in [1.82, 2.24) is 15.1 Å². The normalized spacial score (nSPS) is 15.1. The van der Waals surface area contributed by atoms with Crippen LogP contribution in [0.15, 0.2) is 59.6 Å². The van der Waals surface area contributed by atoms with Gasteiger partial charge in [-0.05, 0) is 23.8 Å². The lowest BCUT2D eigenvalue weighted by molar-refractivity contribution is 0.194. The predicted molar refractivity (Wildman–Crippen MR) is 134 cm³/mol. The molecule has 6 nitrogen and oxygen atoms in total. The molecule has 0 radical (unpaired) electrons. The summed E-state index contributed by atoms with van der Waals surface area (Å²) in [6.07, 6.45) is 4.40. The lowest BCUT2D eigenvalue weighted by Crippen LogP contribution is -2.52. The van der Waals surface area contributed by atoms with Gasteiger partial charge in [-0.3, -0.25) is 9.89 Å². The molecule has 0 bridgehead atoms. The second-order valence-corrected chi connectivity index (χ2v) is 7.00. The Morgan fingerprint density at radius 3 is 2.53 bits per heavy atom. The van der Waals surface area contributed by atoms with Gasteiger partial charge in [-0.15, -0.1) is 24.0 Å². The molecule has 1 heterocycles. The summed E-state index contributed by atoms with van der Waals surface area (Å²) >= 11 is 0. The Kier molecular flexibility index (Phi) is 9.96. The highest BCUT2D eigenvalue weighted by Gasteiger charge is 2.19. The molecule has 2 aromatic carbocycles. The van der Waals surface area contributed by atoms with E-state index in [2.05, 4.69) is 56.5 Å². The van der Waals surface area contributed by atoms with Crippen molar-refractivity contribution in [3.63, 3.8) is 0 Å². The van der Waals surface area contributed by atoms with E-state index in [1.807, 2.05) is 12.1 Å². The molecule has 0 atom stereocenters. The molecule has 1 aliphatic rings. The highest BCUT2D eigenvalue weighted by atomic mass is 127. The Hall–Kier alpha value is -2.26. The number of halogens is 1. The van der Waals surface area contributed by atoms with Crippen LogP contribution in [0.4, 0.5) is 0 Å². The highest BCUT2D eigenvalue weighted by molar-refractivity contribution is 14.0. The maximum atomic E-state index is 10.1. The number of hydrogen-bond donors (Lipinski definition) is 2. The Bertz CT molecular complexity index is 834. The summed E-state index contributed by atoms with van der Waals surface area (Å²) < 4.78 is 5.24. The number of hydrogen-bond acceptors (Lipinski definition) is 4. The lowest BCUT2D eigenvalue weighted by Gasteiger charge is -2.36. The number of phenols is 1. The van der Waals surface area contributed by atoms with E-state index in [1.165, 1.54) is 5.56 Å². The third-order valence-electron chi connectivity index (χ3n) is 5.08. The Morgan fingerprint density at radius 2 is 1.87 bits per heavy atom. The van der Waals surface area contributed by atoms with E-state index >= 15 is 0 Å². The molecule has 0 aromatic heterocycles. The van der Waals surface area contributed by atoms with Crippen LogP contribution in [0, 0.1) is 0 Å². The minimum Gasteiger partial charge on any atom is -0.508 e. The average Bonchev–Trinajstić information content (AvgIpc) is 2.77. The van der Waals surface area contributed by atoms with E-state index in [9.17, 15) is 5.11 Å². The molecule has 0 aliphatic carbocycles. The number of phenolic OH excluding ortho intramolecular Hbond substituents is 1. The standard InChI is InChI=1S/C23H30N4O2.HI/c1-24-23(25-18-20-17-21(29-2)10-11-22(20)28)27-15-13-26(14-16-27)12-6-9-19-7-4-3-5-8-19;/h3-11,17,28H,12-16,18H2,1-2H3,(H,24,25);1H/b9-6+;. The van der Waals surface area contributed by atoms with E-state index in [0.29, 0.717) is 6.54 Å². The van der Waals surface area contributed by atoms with Crippen LogP contribution >= 0.6 is 24.0 Å². The van der Waals surface area contributed by atoms with E-state index in [1.54, 1.807) is 26.3 Å². The zero-order valence-electron chi connectivity index (χ0n) is 17.6. The van der Waals surface area contributed by atoms with Crippen molar-refractivity contribution >= 4 is 36.0 Å². The number of methoxy groups -OCH3 is 1. The molecule has 0 amide bonds. The number of nitrogens with zero attached hydrogens (tertiary/aromatic N) is 3. The average molecular weight is 522 g/mol. The zero-order valence-corrected chi connectivity index (χ0v) is 20.0. The summed E-state index contributed by atoms with van der Waals surface area (Å²) in [4.78, 5) is 9.11. The fraction of sp³-hybridized carbons (Fsp3) is 0.348. The minimum atomic E-state index is 0. The van der Waals surface area contributed by atoms with Gasteiger partial charge in [0.05, 0.1) is 7.11 Å². The van der Waals surface area contributed by atoms with Gasteiger partial charge in [0.2, 0.25) is 0 Å². The molecule has 3 rings (SSSR count). The van der Waals surface area contributed by atoms with Crippen LogP contribution in [0.2, 0.25) is 0 Å². The second-order valence-electron chi connectivity index (χ2n) is 7.00. The summed E-state index contributed by atoms with van der Waals surface area (Å²) in [5, 5.41) is 13.4. The second kappa shape index (κ2) is 12.4. The van der Waals surface area contributed by atoms with Crippen LogP contribution in [0.3, 0.4) is 0 Å².